The van der Waals surface area contributed by atoms with Crippen LogP contribution in [-0.4, -0.2) is 48.0 Å². The summed E-state index contributed by atoms with van der Waals surface area (Å²) < 4.78 is 10.9. The molecular formula is C32H40N2O7S. The highest BCUT2D eigenvalue weighted by atomic mass is 32.2. The number of non-ortho nitro benzene ring substituents is 1. The lowest BCUT2D eigenvalue weighted by atomic mass is 9.79. The lowest BCUT2D eigenvalue weighted by Crippen LogP contribution is -2.34. The number of nitro benzene ring substituents is 1. The molecule has 42 heavy (non-hydrogen) atoms. The van der Waals surface area contributed by atoms with Gasteiger partial charge in [0.25, 0.3) is 5.69 Å². The molecule has 1 aliphatic rings. The van der Waals surface area contributed by atoms with Gasteiger partial charge in [0.2, 0.25) is 0 Å². The van der Waals surface area contributed by atoms with Crippen molar-refractivity contribution in [2.45, 2.75) is 69.6 Å². The van der Waals surface area contributed by atoms with Gasteiger partial charge in [0.15, 0.2) is 0 Å². The van der Waals surface area contributed by atoms with Crippen molar-refractivity contribution >= 4 is 29.4 Å². The number of aliphatic hydroxyl groups is 1. The third-order valence-corrected chi connectivity index (χ3v) is 8.11. The Balaban J connectivity index is 1.77. The van der Waals surface area contributed by atoms with Crippen molar-refractivity contribution in [1.82, 2.24) is 5.32 Å². The highest BCUT2D eigenvalue weighted by molar-refractivity contribution is 7.99. The molecule has 10 heteroatoms. The number of rotatable bonds is 16. The number of allylic oxidation sites excluding steroid dienone is 2. The third-order valence-electron chi connectivity index (χ3n) is 7.01. The van der Waals surface area contributed by atoms with Crippen LogP contribution in [0, 0.1) is 10.1 Å². The van der Waals surface area contributed by atoms with Gasteiger partial charge in [-0.1, -0.05) is 44.5 Å². The number of nitro groups is 1. The SMILES string of the molecule is CCCC1=C(C(=O)OCCCSc2ccc(CCCCO)cc2)C(c2cccc([N+](=O)[O-])c2)C(C(=O)OC)=C(CC)N1. The van der Waals surface area contributed by atoms with Gasteiger partial charge >= 0.3 is 11.9 Å². The molecule has 1 aliphatic heterocycles. The van der Waals surface area contributed by atoms with E-state index in [4.69, 9.17) is 14.6 Å². The minimum Gasteiger partial charge on any atom is -0.466 e. The van der Waals surface area contributed by atoms with E-state index in [1.807, 2.05) is 13.8 Å². The average Bonchev–Trinajstić information content (AvgIpc) is 3.00. The Morgan fingerprint density at radius 1 is 1.00 bits per heavy atom. The van der Waals surface area contributed by atoms with E-state index in [1.165, 1.54) is 24.8 Å². The summed E-state index contributed by atoms with van der Waals surface area (Å²) in [6.07, 6.45) is 5.08. The molecule has 0 amide bonds. The molecular weight excluding hydrogens is 556 g/mol. The van der Waals surface area contributed by atoms with E-state index in [-0.39, 0.29) is 30.0 Å². The quantitative estimate of drug-likeness (QED) is 0.0764. The third kappa shape index (κ3) is 8.69. The normalized spacial score (nSPS) is 14.9. The van der Waals surface area contributed by atoms with Gasteiger partial charge in [0, 0.05) is 40.8 Å². The molecule has 0 radical (unpaired) electrons. The number of nitrogens with one attached hydrogen (secondary N) is 1. The minimum absolute atomic E-state index is 0.131. The first-order valence-electron chi connectivity index (χ1n) is 14.4. The molecule has 226 valence electrons. The van der Waals surface area contributed by atoms with Crippen molar-refractivity contribution in [2.75, 3.05) is 26.1 Å². The van der Waals surface area contributed by atoms with Crippen LogP contribution in [0.5, 0.6) is 0 Å². The maximum absolute atomic E-state index is 13.7. The summed E-state index contributed by atoms with van der Waals surface area (Å²) in [6.45, 7) is 4.29. The summed E-state index contributed by atoms with van der Waals surface area (Å²) in [5.41, 5.74) is 3.36. The van der Waals surface area contributed by atoms with Crippen LogP contribution >= 0.6 is 11.8 Å². The Morgan fingerprint density at radius 3 is 2.38 bits per heavy atom. The number of dihydropyridines is 1. The molecule has 0 aliphatic carbocycles. The van der Waals surface area contributed by atoms with Crippen molar-refractivity contribution in [3.63, 3.8) is 0 Å². The van der Waals surface area contributed by atoms with Crippen LogP contribution in [0.25, 0.3) is 0 Å². The zero-order chi connectivity index (χ0) is 30.5. The molecule has 0 saturated heterocycles. The molecule has 0 fully saturated rings. The fraction of sp³-hybridized carbons (Fsp3) is 0.438. The molecule has 1 heterocycles. The Hall–Kier alpha value is -3.63. The summed E-state index contributed by atoms with van der Waals surface area (Å²) in [5.74, 6) is -1.28. The van der Waals surface area contributed by atoms with Crippen LogP contribution < -0.4 is 5.32 Å². The van der Waals surface area contributed by atoms with Crippen LogP contribution in [0.4, 0.5) is 5.69 Å². The van der Waals surface area contributed by atoms with Crippen LogP contribution in [0.15, 0.2) is 76.0 Å². The number of aliphatic hydroxyl groups excluding tert-OH is 1. The van der Waals surface area contributed by atoms with Crippen LogP contribution in [0.2, 0.25) is 0 Å². The number of hydrogen-bond donors (Lipinski definition) is 2. The number of benzene rings is 2. The largest absolute Gasteiger partial charge is 0.466 e. The van der Waals surface area contributed by atoms with Crippen LogP contribution in [0.3, 0.4) is 0 Å². The number of carbonyl (C=O) groups excluding carboxylic acids is 2. The van der Waals surface area contributed by atoms with Crippen LogP contribution in [-0.2, 0) is 25.5 Å². The highest BCUT2D eigenvalue weighted by Gasteiger charge is 2.39. The van der Waals surface area contributed by atoms with E-state index in [1.54, 1.807) is 23.9 Å². The first kappa shape index (κ1) is 32.9. The van der Waals surface area contributed by atoms with Crippen molar-refractivity contribution in [3.05, 3.63) is 92.3 Å². The van der Waals surface area contributed by atoms with Crippen molar-refractivity contribution in [3.8, 4) is 0 Å². The maximum Gasteiger partial charge on any atom is 0.336 e. The van der Waals surface area contributed by atoms with Gasteiger partial charge in [-0.3, -0.25) is 10.1 Å². The summed E-state index contributed by atoms with van der Waals surface area (Å²) in [6, 6.07) is 14.4. The lowest BCUT2D eigenvalue weighted by molar-refractivity contribution is -0.384. The number of esters is 2. The molecule has 2 aromatic rings. The van der Waals surface area contributed by atoms with Crippen molar-refractivity contribution < 1.29 is 29.1 Å². The number of methoxy groups -OCH3 is 1. The number of nitrogens with zero attached hydrogens (tertiary/aromatic N) is 1. The van der Waals surface area contributed by atoms with E-state index >= 15 is 0 Å². The standard InChI is InChI=1S/C32H40N2O7S/c1-4-10-27-30(32(37)41-19-9-20-42-25-16-14-22(15-17-25)11-6-7-18-35)28(23-12-8-13-24(21-23)34(38)39)29(31(36)40-3)26(5-2)33-27/h8,12-17,21,28,33,35H,4-7,9-11,18-20H2,1-3H3. The Morgan fingerprint density at radius 2 is 1.74 bits per heavy atom. The molecule has 9 nitrogen and oxygen atoms in total. The van der Waals surface area contributed by atoms with Gasteiger partial charge < -0.3 is 19.9 Å². The number of carbonyl (C=O) groups is 2. The second-order valence-electron chi connectivity index (χ2n) is 9.95. The fourth-order valence-electron chi connectivity index (χ4n) is 4.96. The molecule has 2 aromatic carbocycles. The summed E-state index contributed by atoms with van der Waals surface area (Å²) >= 11 is 1.68. The van der Waals surface area contributed by atoms with E-state index in [2.05, 4.69) is 29.6 Å². The van der Waals surface area contributed by atoms with E-state index in [0.717, 1.165) is 36.3 Å². The molecule has 0 bridgehead atoms. The Bertz CT molecular complexity index is 1300. The summed E-state index contributed by atoms with van der Waals surface area (Å²) in [7, 11) is 1.28. The fourth-order valence-corrected chi connectivity index (χ4v) is 5.79. The van der Waals surface area contributed by atoms with Gasteiger partial charge in [-0.2, -0.15) is 0 Å². The number of thioether (sulfide) groups is 1. The maximum atomic E-state index is 13.7. The molecule has 3 rings (SSSR count). The number of aryl methyl sites for hydroxylation is 1. The van der Waals surface area contributed by atoms with Crippen LogP contribution in [0.1, 0.15) is 69.4 Å². The van der Waals surface area contributed by atoms with Gasteiger partial charge in [0.05, 0.1) is 35.7 Å². The smallest absolute Gasteiger partial charge is 0.336 e. The van der Waals surface area contributed by atoms with Gasteiger partial charge in [-0.15, -0.1) is 11.8 Å². The van der Waals surface area contributed by atoms with E-state index < -0.39 is 22.8 Å². The monoisotopic (exact) mass is 596 g/mol. The Labute approximate surface area is 251 Å². The van der Waals surface area contributed by atoms with Gasteiger partial charge in [-0.05, 0) is 61.8 Å². The number of unbranched alkanes of at least 4 members (excludes halogenated alkanes) is 1. The second kappa shape index (κ2) is 16.7. The minimum atomic E-state index is -0.868. The van der Waals surface area contributed by atoms with Gasteiger partial charge in [-0.25, -0.2) is 9.59 Å². The highest BCUT2D eigenvalue weighted by Crippen LogP contribution is 2.41. The molecule has 2 N–H and O–H groups in total. The number of hydrogen-bond acceptors (Lipinski definition) is 9. The van der Waals surface area contributed by atoms with Crippen molar-refractivity contribution in [1.29, 1.82) is 0 Å². The Kier molecular flexibility index (Phi) is 13.1. The zero-order valence-electron chi connectivity index (χ0n) is 24.5. The molecule has 1 atom stereocenters. The molecule has 1 unspecified atom stereocenters. The first-order valence-corrected chi connectivity index (χ1v) is 15.4. The van der Waals surface area contributed by atoms with E-state index in [0.29, 0.717) is 36.2 Å². The topological polar surface area (TPSA) is 128 Å². The summed E-state index contributed by atoms with van der Waals surface area (Å²) in [4.78, 5) is 38.9. The first-order chi connectivity index (χ1) is 20.3. The second-order valence-corrected chi connectivity index (χ2v) is 11.1. The average molecular weight is 597 g/mol. The lowest BCUT2D eigenvalue weighted by Gasteiger charge is -2.32. The van der Waals surface area contributed by atoms with E-state index in [9.17, 15) is 19.7 Å². The molecule has 0 spiro atoms. The van der Waals surface area contributed by atoms with Gasteiger partial charge in [0.1, 0.15) is 0 Å². The van der Waals surface area contributed by atoms with Crippen molar-refractivity contribution in [2.24, 2.45) is 0 Å². The number of ether oxygens (including phenoxy) is 2. The molecule has 0 saturated carbocycles. The predicted molar refractivity (Wildman–Crippen MR) is 163 cm³/mol. The zero-order valence-corrected chi connectivity index (χ0v) is 25.3. The molecule has 0 aromatic heterocycles. The summed E-state index contributed by atoms with van der Waals surface area (Å²) in [5, 5.41) is 23.8. The predicted octanol–water partition coefficient (Wildman–Crippen LogP) is 6.21.